The molecule has 0 saturated carbocycles. The Morgan fingerprint density at radius 1 is 1.29 bits per heavy atom. The zero-order valence-electron chi connectivity index (χ0n) is 12.9. The molecular weight excluding hydrogens is 266 g/mol. The minimum Gasteiger partial charge on any atom is -0.497 e. The fourth-order valence-electron chi connectivity index (χ4n) is 2.22. The third-order valence-corrected chi connectivity index (χ3v) is 3.43. The summed E-state index contributed by atoms with van der Waals surface area (Å²) in [7, 11) is 1.63. The molecule has 6 nitrogen and oxygen atoms in total. The number of benzene rings is 1. The maximum Gasteiger partial charge on any atom is 0.184 e. The largest absolute Gasteiger partial charge is 0.497 e. The molecular formula is C15H23N5O. The van der Waals surface area contributed by atoms with Gasteiger partial charge in [-0.25, -0.2) is 4.68 Å². The Kier molecular flexibility index (Phi) is 5.14. The van der Waals surface area contributed by atoms with Gasteiger partial charge in [0.25, 0.3) is 0 Å². The van der Waals surface area contributed by atoms with Crippen LogP contribution in [0.15, 0.2) is 18.2 Å². The Balaban J connectivity index is 2.12. The molecule has 0 unspecified atom stereocenters. The van der Waals surface area contributed by atoms with Crippen LogP contribution in [0.3, 0.4) is 0 Å². The van der Waals surface area contributed by atoms with Gasteiger partial charge in [0.1, 0.15) is 5.75 Å². The van der Waals surface area contributed by atoms with E-state index in [2.05, 4.69) is 29.4 Å². The van der Waals surface area contributed by atoms with Crippen LogP contribution in [0.25, 0.3) is 11.4 Å². The average Bonchev–Trinajstić information content (AvgIpc) is 2.92. The molecule has 0 atom stereocenters. The van der Waals surface area contributed by atoms with Gasteiger partial charge in [-0.2, -0.15) is 0 Å². The first-order valence-electron chi connectivity index (χ1n) is 7.32. The standard InChI is InChI=1S/C15H23N5O/c1-11(2)6-4-5-9-20-15(17-18-19-20)13-10-12(21-3)7-8-14(13)16/h7-8,10-11H,4-6,9,16H2,1-3H3. The number of unbranched alkanes of at least 4 members (excludes halogenated alkanes) is 1. The van der Waals surface area contributed by atoms with Crippen molar-refractivity contribution in [3.8, 4) is 17.1 Å². The van der Waals surface area contributed by atoms with Crippen molar-refractivity contribution in [3.63, 3.8) is 0 Å². The number of methoxy groups -OCH3 is 1. The molecule has 0 amide bonds. The Hall–Kier alpha value is -2.11. The van der Waals surface area contributed by atoms with Gasteiger partial charge >= 0.3 is 0 Å². The van der Waals surface area contributed by atoms with Crippen LogP contribution < -0.4 is 10.5 Å². The number of rotatable bonds is 7. The molecule has 2 rings (SSSR count). The smallest absolute Gasteiger partial charge is 0.184 e. The van der Waals surface area contributed by atoms with Crippen LogP contribution in [0.2, 0.25) is 0 Å². The van der Waals surface area contributed by atoms with Crippen LogP contribution in [-0.4, -0.2) is 27.3 Å². The number of ether oxygens (including phenoxy) is 1. The summed E-state index contributed by atoms with van der Waals surface area (Å²) in [6.45, 7) is 5.27. The van der Waals surface area contributed by atoms with Crippen LogP contribution in [0, 0.1) is 5.92 Å². The van der Waals surface area contributed by atoms with Gasteiger partial charge in [0, 0.05) is 17.8 Å². The van der Waals surface area contributed by atoms with Crippen molar-refractivity contribution in [2.45, 2.75) is 39.7 Å². The van der Waals surface area contributed by atoms with E-state index in [0.717, 1.165) is 30.2 Å². The lowest BCUT2D eigenvalue weighted by atomic mass is 10.1. The van der Waals surface area contributed by atoms with Crippen molar-refractivity contribution in [1.29, 1.82) is 0 Å². The summed E-state index contributed by atoms with van der Waals surface area (Å²) >= 11 is 0. The molecule has 0 saturated heterocycles. The van der Waals surface area contributed by atoms with Crippen molar-refractivity contribution in [1.82, 2.24) is 20.2 Å². The predicted octanol–water partition coefficient (Wildman–Crippen LogP) is 2.76. The Bertz CT molecular complexity index is 579. The Morgan fingerprint density at radius 3 is 2.81 bits per heavy atom. The van der Waals surface area contributed by atoms with Gasteiger partial charge in [-0.1, -0.05) is 26.7 Å². The van der Waals surface area contributed by atoms with E-state index in [9.17, 15) is 0 Å². The van der Waals surface area contributed by atoms with Gasteiger partial charge in [0.05, 0.1) is 7.11 Å². The summed E-state index contributed by atoms with van der Waals surface area (Å²) in [6, 6.07) is 5.51. The average molecular weight is 289 g/mol. The maximum atomic E-state index is 6.03. The van der Waals surface area contributed by atoms with Gasteiger partial charge in [-0.3, -0.25) is 0 Å². The SMILES string of the molecule is COc1ccc(N)c(-c2nnnn2CCCCC(C)C)c1. The number of anilines is 1. The number of nitrogen functional groups attached to an aromatic ring is 1. The quantitative estimate of drug-likeness (QED) is 0.626. The molecule has 114 valence electrons. The van der Waals surface area contributed by atoms with Crippen molar-refractivity contribution in [2.75, 3.05) is 12.8 Å². The van der Waals surface area contributed by atoms with Gasteiger partial charge in [0.2, 0.25) is 0 Å². The highest BCUT2D eigenvalue weighted by atomic mass is 16.5. The highest BCUT2D eigenvalue weighted by molar-refractivity contribution is 5.72. The molecule has 1 heterocycles. The second kappa shape index (κ2) is 7.06. The van der Waals surface area contributed by atoms with E-state index in [1.807, 2.05) is 22.9 Å². The zero-order valence-corrected chi connectivity index (χ0v) is 12.9. The lowest BCUT2D eigenvalue weighted by molar-refractivity contribution is 0.415. The van der Waals surface area contributed by atoms with E-state index in [1.165, 1.54) is 12.8 Å². The van der Waals surface area contributed by atoms with Crippen LogP contribution in [0.5, 0.6) is 5.75 Å². The van der Waals surface area contributed by atoms with E-state index in [1.54, 1.807) is 7.11 Å². The minimum atomic E-state index is 0.647. The van der Waals surface area contributed by atoms with Crippen molar-refractivity contribution in [3.05, 3.63) is 18.2 Å². The normalized spacial score (nSPS) is 11.0. The van der Waals surface area contributed by atoms with Crippen LogP contribution in [0.1, 0.15) is 33.1 Å². The molecule has 0 aliphatic rings. The molecule has 21 heavy (non-hydrogen) atoms. The summed E-state index contributed by atoms with van der Waals surface area (Å²) in [5, 5.41) is 11.9. The molecule has 2 N–H and O–H groups in total. The summed E-state index contributed by atoms with van der Waals surface area (Å²) < 4.78 is 7.05. The number of hydrogen-bond donors (Lipinski definition) is 1. The lowest BCUT2D eigenvalue weighted by Gasteiger charge is -2.09. The topological polar surface area (TPSA) is 78.8 Å². The first-order chi connectivity index (χ1) is 10.1. The molecule has 1 aromatic carbocycles. The van der Waals surface area contributed by atoms with Crippen LogP contribution >= 0.6 is 0 Å². The molecule has 2 aromatic rings. The fraction of sp³-hybridized carbons (Fsp3) is 0.533. The number of nitrogens with two attached hydrogens (primary N) is 1. The molecule has 1 aromatic heterocycles. The van der Waals surface area contributed by atoms with Gasteiger partial charge < -0.3 is 10.5 Å². The molecule has 6 heteroatoms. The monoisotopic (exact) mass is 289 g/mol. The van der Waals surface area contributed by atoms with Crippen LogP contribution in [0.4, 0.5) is 5.69 Å². The number of tetrazole rings is 1. The summed E-state index contributed by atoms with van der Waals surface area (Å²) in [6.07, 6.45) is 3.45. The first-order valence-corrected chi connectivity index (χ1v) is 7.32. The number of aromatic nitrogens is 4. The van der Waals surface area contributed by atoms with Crippen molar-refractivity contribution < 1.29 is 4.74 Å². The predicted molar refractivity (Wildman–Crippen MR) is 82.9 cm³/mol. The van der Waals surface area contributed by atoms with E-state index < -0.39 is 0 Å². The molecule has 0 radical (unpaired) electrons. The van der Waals surface area contributed by atoms with E-state index in [-0.39, 0.29) is 0 Å². The molecule has 0 aliphatic carbocycles. The highest BCUT2D eigenvalue weighted by Crippen LogP contribution is 2.28. The van der Waals surface area contributed by atoms with Crippen molar-refractivity contribution >= 4 is 5.69 Å². The second-order valence-electron chi connectivity index (χ2n) is 5.57. The molecule has 0 spiro atoms. The first kappa shape index (κ1) is 15.3. The highest BCUT2D eigenvalue weighted by Gasteiger charge is 2.13. The van der Waals surface area contributed by atoms with Crippen molar-refractivity contribution in [2.24, 2.45) is 5.92 Å². The van der Waals surface area contributed by atoms with Gasteiger partial charge in [-0.05, 0) is 41.0 Å². The van der Waals surface area contributed by atoms with E-state index in [0.29, 0.717) is 11.5 Å². The molecule has 0 fully saturated rings. The third kappa shape index (κ3) is 3.93. The van der Waals surface area contributed by atoms with Gasteiger partial charge in [0.15, 0.2) is 5.82 Å². The minimum absolute atomic E-state index is 0.647. The lowest BCUT2D eigenvalue weighted by Crippen LogP contribution is -2.05. The Morgan fingerprint density at radius 2 is 2.10 bits per heavy atom. The molecule has 0 aliphatic heterocycles. The van der Waals surface area contributed by atoms with E-state index >= 15 is 0 Å². The Labute approximate surface area is 125 Å². The van der Waals surface area contributed by atoms with E-state index in [4.69, 9.17) is 10.5 Å². The third-order valence-electron chi connectivity index (χ3n) is 3.43. The van der Waals surface area contributed by atoms with Crippen LogP contribution in [-0.2, 0) is 6.54 Å². The zero-order chi connectivity index (χ0) is 15.2. The second-order valence-corrected chi connectivity index (χ2v) is 5.57. The fourth-order valence-corrected chi connectivity index (χ4v) is 2.22. The summed E-state index contributed by atoms with van der Waals surface area (Å²) in [5.74, 6) is 2.16. The molecule has 0 bridgehead atoms. The number of nitrogens with zero attached hydrogens (tertiary/aromatic N) is 4. The van der Waals surface area contributed by atoms with Gasteiger partial charge in [-0.15, -0.1) is 5.10 Å². The summed E-state index contributed by atoms with van der Waals surface area (Å²) in [4.78, 5) is 0. The number of hydrogen-bond acceptors (Lipinski definition) is 5. The number of aryl methyl sites for hydroxylation is 1. The summed E-state index contributed by atoms with van der Waals surface area (Å²) in [5.41, 5.74) is 7.49. The maximum absolute atomic E-state index is 6.03.